The highest BCUT2D eigenvalue weighted by molar-refractivity contribution is 6.30. The molecule has 0 unspecified atom stereocenters. The number of hydrazone groups is 1. The molecule has 118 valence electrons. The molecule has 2 heterocycles. The van der Waals surface area contributed by atoms with Crippen molar-refractivity contribution >= 4 is 17.3 Å². The Hall–Kier alpha value is -2.00. The van der Waals surface area contributed by atoms with Gasteiger partial charge < -0.3 is 4.74 Å². The van der Waals surface area contributed by atoms with Crippen molar-refractivity contribution in [1.82, 2.24) is 5.01 Å². The summed E-state index contributed by atoms with van der Waals surface area (Å²) in [5, 5.41) is 7.72. The second-order valence-electron chi connectivity index (χ2n) is 6.18. The predicted molar refractivity (Wildman–Crippen MR) is 93.1 cm³/mol. The van der Waals surface area contributed by atoms with Crippen molar-refractivity contribution in [3.8, 4) is 5.75 Å². The van der Waals surface area contributed by atoms with Gasteiger partial charge in [-0.3, -0.25) is 5.01 Å². The lowest BCUT2D eigenvalue weighted by Crippen LogP contribution is -2.39. The molecule has 0 aromatic heterocycles. The fourth-order valence-electron chi connectivity index (χ4n) is 3.32. The highest BCUT2D eigenvalue weighted by Crippen LogP contribution is 2.44. The fraction of sp³-hybridized carbons (Fsp3) is 0.316. The molecule has 2 aromatic rings. The molecule has 2 aliphatic rings. The molecule has 23 heavy (non-hydrogen) atoms. The van der Waals surface area contributed by atoms with E-state index in [1.807, 2.05) is 18.2 Å². The molecule has 3 nitrogen and oxygen atoms in total. The van der Waals surface area contributed by atoms with Gasteiger partial charge in [-0.1, -0.05) is 48.4 Å². The lowest BCUT2D eigenvalue weighted by atomic mass is 9.96. The summed E-state index contributed by atoms with van der Waals surface area (Å²) in [6.45, 7) is 4.23. The van der Waals surface area contributed by atoms with E-state index in [-0.39, 0.29) is 12.3 Å². The van der Waals surface area contributed by atoms with Crippen molar-refractivity contribution in [3.05, 3.63) is 64.2 Å². The van der Waals surface area contributed by atoms with Gasteiger partial charge in [-0.25, -0.2) is 0 Å². The summed E-state index contributed by atoms with van der Waals surface area (Å²) in [5.41, 5.74) is 4.69. The summed E-state index contributed by atoms with van der Waals surface area (Å²) in [6, 6.07) is 14.6. The number of fused-ring (bicyclic) bond motifs is 3. The van der Waals surface area contributed by atoms with Gasteiger partial charge in [0.1, 0.15) is 5.75 Å². The molecule has 2 atom stereocenters. The monoisotopic (exact) mass is 326 g/mol. The number of nitrogens with zero attached hydrogens (tertiary/aromatic N) is 2. The van der Waals surface area contributed by atoms with Gasteiger partial charge in [0.15, 0.2) is 6.23 Å². The Morgan fingerprint density at radius 1 is 1.22 bits per heavy atom. The molecule has 0 aliphatic carbocycles. The SMILES string of the molecule is CC[C@H]1Oc2ccc(Cl)cc2[C@H]2CC(c3ccc(C)cc3)=NN21. The molecular weight excluding hydrogens is 308 g/mol. The minimum absolute atomic E-state index is 0.0170. The van der Waals surface area contributed by atoms with Gasteiger partial charge in [-0.05, 0) is 30.7 Å². The van der Waals surface area contributed by atoms with Crippen molar-refractivity contribution in [2.24, 2.45) is 5.10 Å². The first-order valence-electron chi connectivity index (χ1n) is 8.04. The molecule has 0 radical (unpaired) electrons. The zero-order valence-corrected chi connectivity index (χ0v) is 14.0. The quantitative estimate of drug-likeness (QED) is 0.781. The van der Waals surface area contributed by atoms with Crippen LogP contribution in [0.25, 0.3) is 0 Å². The Bertz CT molecular complexity index is 769. The van der Waals surface area contributed by atoms with E-state index >= 15 is 0 Å². The number of benzene rings is 2. The van der Waals surface area contributed by atoms with Crippen molar-refractivity contribution < 1.29 is 4.74 Å². The normalized spacial score (nSPS) is 22.2. The Morgan fingerprint density at radius 2 is 2.00 bits per heavy atom. The van der Waals surface area contributed by atoms with Crippen LogP contribution in [0.3, 0.4) is 0 Å². The Labute approximate surface area is 141 Å². The van der Waals surface area contributed by atoms with E-state index in [9.17, 15) is 0 Å². The van der Waals surface area contributed by atoms with Crippen LogP contribution in [0.5, 0.6) is 5.75 Å². The standard InChI is InChI=1S/C19H19ClN2O/c1-3-19-22-17(15-10-14(20)8-9-18(15)23-19)11-16(21-22)13-6-4-12(2)5-7-13/h4-10,17,19H,3,11H2,1-2H3/t17-,19-/m1/s1. The summed E-state index contributed by atoms with van der Waals surface area (Å²) in [4.78, 5) is 0. The molecule has 0 amide bonds. The molecule has 0 fully saturated rings. The van der Waals surface area contributed by atoms with Gasteiger partial charge in [-0.15, -0.1) is 0 Å². The molecule has 0 saturated carbocycles. The number of halogens is 1. The van der Waals surface area contributed by atoms with Crippen molar-refractivity contribution in [2.75, 3.05) is 0 Å². The molecule has 0 saturated heterocycles. The third-order valence-corrected chi connectivity index (χ3v) is 4.80. The average Bonchev–Trinajstić information content (AvgIpc) is 3.00. The van der Waals surface area contributed by atoms with Gasteiger partial charge in [-0.2, -0.15) is 5.10 Å². The number of rotatable bonds is 2. The Morgan fingerprint density at radius 3 is 2.74 bits per heavy atom. The van der Waals surface area contributed by atoms with E-state index in [1.165, 1.54) is 11.1 Å². The van der Waals surface area contributed by atoms with Gasteiger partial charge >= 0.3 is 0 Å². The molecule has 4 heteroatoms. The van der Waals surface area contributed by atoms with Crippen LogP contribution in [0.15, 0.2) is 47.6 Å². The minimum atomic E-state index is -0.0170. The first kappa shape index (κ1) is 14.6. The lowest BCUT2D eigenvalue weighted by Gasteiger charge is -2.37. The summed E-state index contributed by atoms with van der Waals surface area (Å²) < 4.78 is 6.11. The molecule has 4 rings (SSSR count). The predicted octanol–water partition coefficient (Wildman–Crippen LogP) is 4.93. The van der Waals surface area contributed by atoms with Gasteiger partial charge in [0.05, 0.1) is 11.8 Å². The smallest absolute Gasteiger partial charge is 0.187 e. The summed E-state index contributed by atoms with van der Waals surface area (Å²) in [5.74, 6) is 0.933. The van der Waals surface area contributed by atoms with Crippen molar-refractivity contribution in [1.29, 1.82) is 0 Å². The average molecular weight is 327 g/mol. The highest BCUT2D eigenvalue weighted by atomic mass is 35.5. The molecule has 2 aromatic carbocycles. The van der Waals surface area contributed by atoms with E-state index in [0.29, 0.717) is 0 Å². The summed E-state index contributed by atoms with van der Waals surface area (Å²) in [6.07, 6.45) is 1.76. The third-order valence-electron chi connectivity index (χ3n) is 4.57. The zero-order valence-electron chi connectivity index (χ0n) is 13.3. The van der Waals surface area contributed by atoms with E-state index < -0.39 is 0 Å². The Balaban J connectivity index is 1.73. The van der Waals surface area contributed by atoms with Crippen LogP contribution in [-0.2, 0) is 0 Å². The first-order valence-corrected chi connectivity index (χ1v) is 8.42. The van der Waals surface area contributed by atoms with Crippen LogP contribution in [0.1, 0.15) is 42.5 Å². The number of aryl methyl sites for hydroxylation is 1. The van der Waals surface area contributed by atoms with Gasteiger partial charge in [0.2, 0.25) is 0 Å². The lowest BCUT2D eigenvalue weighted by molar-refractivity contribution is -0.0188. The maximum absolute atomic E-state index is 6.20. The van der Waals surface area contributed by atoms with Crippen molar-refractivity contribution in [3.63, 3.8) is 0 Å². The van der Waals surface area contributed by atoms with Crippen molar-refractivity contribution in [2.45, 2.75) is 39.0 Å². The van der Waals surface area contributed by atoms with Gasteiger partial charge in [0, 0.05) is 23.4 Å². The molecule has 0 N–H and O–H groups in total. The van der Waals surface area contributed by atoms with Crippen LogP contribution >= 0.6 is 11.6 Å². The fourth-order valence-corrected chi connectivity index (χ4v) is 3.50. The van der Waals surface area contributed by atoms with Crippen LogP contribution in [0.2, 0.25) is 5.02 Å². The number of ether oxygens (including phenoxy) is 1. The number of hydrogen-bond acceptors (Lipinski definition) is 3. The number of hydrogen-bond donors (Lipinski definition) is 0. The van der Waals surface area contributed by atoms with E-state index in [0.717, 1.165) is 34.9 Å². The van der Waals surface area contributed by atoms with Crippen LogP contribution < -0.4 is 4.74 Å². The zero-order chi connectivity index (χ0) is 16.0. The summed E-state index contributed by atoms with van der Waals surface area (Å²) >= 11 is 6.20. The molecule has 2 aliphatic heterocycles. The maximum Gasteiger partial charge on any atom is 0.187 e. The van der Waals surface area contributed by atoms with Gasteiger partial charge in [0.25, 0.3) is 0 Å². The second kappa shape index (κ2) is 5.57. The third kappa shape index (κ3) is 2.49. The topological polar surface area (TPSA) is 24.8 Å². The van der Waals surface area contributed by atoms with Crippen LogP contribution in [0, 0.1) is 6.92 Å². The molecule has 0 bridgehead atoms. The first-order chi connectivity index (χ1) is 11.2. The largest absolute Gasteiger partial charge is 0.469 e. The van der Waals surface area contributed by atoms with E-state index in [1.54, 1.807) is 0 Å². The molecular formula is C19H19ClN2O. The van der Waals surface area contributed by atoms with E-state index in [4.69, 9.17) is 21.4 Å². The van der Waals surface area contributed by atoms with E-state index in [2.05, 4.69) is 43.1 Å². The highest BCUT2D eigenvalue weighted by Gasteiger charge is 2.39. The second-order valence-corrected chi connectivity index (χ2v) is 6.61. The Kier molecular flexibility index (Phi) is 3.53. The van der Waals surface area contributed by atoms with Crippen LogP contribution in [-0.4, -0.2) is 16.9 Å². The molecule has 0 spiro atoms. The maximum atomic E-state index is 6.20. The van der Waals surface area contributed by atoms with Crippen LogP contribution in [0.4, 0.5) is 0 Å². The minimum Gasteiger partial charge on any atom is -0.469 e. The summed E-state index contributed by atoms with van der Waals surface area (Å²) in [7, 11) is 0.